The molecule has 0 saturated heterocycles. The molecule has 109 valence electrons. The standard InChI is InChI=1S/C12H29N2O3Si/c1-4-12(11-17-18(15-2)16-3)14-10-8-6-5-7-9-13/h12,14H,4-11,13H2,1-3H3. The Bertz CT molecular complexity index is 171. The minimum absolute atomic E-state index is 0.379. The number of unbranched alkanes of at least 4 members (excludes halogenated alkanes) is 3. The molecule has 3 N–H and O–H groups in total. The summed E-state index contributed by atoms with van der Waals surface area (Å²) in [6, 6.07) is 0.379. The zero-order valence-corrected chi connectivity index (χ0v) is 13.0. The molecular weight excluding hydrogens is 248 g/mol. The average Bonchev–Trinajstić information content (AvgIpc) is 2.41. The maximum atomic E-state index is 5.57. The minimum atomic E-state index is -1.52. The predicted octanol–water partition coefficient (Wildman–Crippen LogP) is 1.17. The second-order valence-corrected chi connectivity index (χ2v) is 5.84. The third kappa shape index (κ3) is 9.99. The number of nitrogens with one attached hydrogen (secondary N) is 1. The first kappa shape index (κ1) is 18.0. The van der Waals surface area contributed by atoms with Crippen LogP contribution in [0.3, 0.4) is 0 Å². The molecule has 0 aromatic rings. The number of nitrogens with two attached hydrogens (primary N) is 1. The molecule has 0 aromatic carbocycles. The van der Waals surface area contributed by atoms with E-state index in [1.54, 1.807) is 14.2 Å². The van der Waals surface area contributed by atoms with Gasteiger partial charge in [-0.25, -0.2) is 0 Å². The van der Waals surface area contributed by atoms with Crippen LogP contribution in [0.4, 0.5) is 0 Å². The third-order valence-corrected chi connectivity index (χ3v) is 3.86. The number of hydrogen-bond donors (Lipinski definition) is 2. The van der Waals surface area contributed by atoms with Crippen LogP contribution >= 0.6 is 0 Å². The van der Waals surface area contributed by atoms with Gasteiger partial charge in [0.2, 0.25) is 0 Å². The number of hydrogen-bond acceptors (Lipinski definition) is 5. The quantitative estimate of drug-likeness (QED) is 0.391. The van der Waals surface area contributed by atoms with Crippen LogP contribution in [0.2, 0.25) is 0 Å². The summed E-state index contributed by atoms with van der Waals surface area (Å²) in [6.07, 6.45) is 5.85. The summed E-state index contributed by atoms with van der Waals surface area (Å²) in [5.41, 5.74) is 5.45. The lowest BCUT2D eigenvalue weighted by Crippen LogP contribution is -2.37. The smallest absolute Gasteiger partial charge is 0.375 e. The SMILES string of the molecule is CCC(CO[Si](OC)OC)NCCCCCCN. The Balaban J connectivity index is 3.51. The van der Waals surface area contributed by atoms with E-state index in [1.807, 2.05) is 0 Å². The average molecular weight is 277 g/mol. The van der Waals surface area contributed by atoms with Gasteiger partial charge in [-0.3, -0.25) is 0 Å². The van der Waals surface area contributed by atoms with Crippen molar-refractivity contribution in [3.05, 3.63) is 0 Å². The van der Waals surface area contributed by atoms with E-state index in [1.165, 1.54) is 19.3 Å². The zero-order valence-electron chi connectivity index (χ0n) is 12.0. The third-order valence-electron chi connectivity index (χ3n) is 2.79. The lowest BCUT2D eigenvalue weighted by Gasteiger charge is -2.18. The van der Waals surface area contributed by atoms with Crippen molar-refractivity contribution < 1.29 is 13.3 Å². The van der Waals surface area contributed by atoms with Crippen LogP contribution in [-0.4, -0.2) is 49.5 Å². The van der Waals surface area contributed by atoms with Crippen LogP contribution in [0, 0.1) is 0 Å². The van der Waals surface area contributed by atoms with Crippen molar-refractivity contribution in [2.75, 3.05) is 33.9 Å². The Kier molecular flexibility index (Phi) is 13.5. The highest BCUT2D eigenvalue weighted by Gasteiger charge is 2.17. The van der Waals surface area contributed by atoms with E-state index in [9.17, 15) is 0 Å². The topological polar surface area (TPSA) is 65.7 Å². The first-order chi connectivity index (χ1) is 8.78. The van der Waals surface area contributed by atoms with Crippen LogP contribution in [0.1, 0.15) is 39.0 Å². The van der Waals surface area contributed by atoms with Gasteiger partial charge in [-0.2, -0.15) is 0 Å². The highest BCUT2D eigenvalue weighted by atomic mass is 28.3. The van der Waals surface area contributed by atoms with Crippen molar-refractivity contribution >= 4 is 9.53 Å². The predicted molar refractivity (Wildman–Crippen MR) is 75.3 cm³/mol. The molecule has 0 saturated carbocycles. The molecule has 0 rings (SSSR count). The van der Waals surface area contributed by atoms with Crippen LogP contribution in [0.5, 0.6) is 0 Å². The summed E-state index contributed by atoms with van der Waals surface area (Å²) in [6.45, 7) is 4.64. The van der Waals surface area contributed by atoms with E-state index in [0.717, 1.165) is 25.9 Å². The van der Waals surface area contributed by atoms with E-state index in [-0.39, 0.29) is 0 Å². The summed E-state index contributed by atoms with van der Waals surface area (Å²) in [5.74, 6) is 0. The minimum Gasteiger partial charge on any atom is -0.375 e. The molecule has 0 aliphatic carbocycles. The maximum absolute atomic E-state index is 5.57. The second-order valence-electron chi connectivity index (χ2n) is 4.23. The Morgan fingerprint density at radius 3 is 2.33 bits per heavy atom. The zero-order chi connectivity index (χ0) is 13.6. The summed E-state index contributed by atoms with van der Waals surface area (Å²) in [5, 5.41) is 3.50. The van der Waals surface area contributed by atoms with Crippen molar-refractivity contribution in [1.29, 1.82) is 0 Å². The van der Waals surface area contributed by atoms with Gasteiger partial charge < -0.3 is 24.3 Å². The van der Waals surface area contributed by atoms with Gasteiger partial charge in [-0.15, -0.1) is 0 Å². The molecule has 18 heavy (non-hydrogen) atoms. The number of rotatable bonds is 13. The molecule has 0 heterocycles. The molecule has 1 atom stereocenters. The Morgan fingerprint density at radius 1 is 1.11 bits per heavy atom. The van der Waals surface area contributed by atoms with Crippen molar-refractivity contribution in [2.24, 2.45) is 5.73 Å². The van der Waals surface area contributed by atoms with Gasteiger partial charge in [0.25, 0.3) is 0 Å². The molecule has 6 heteroatoms. The highest BCUT2D eigenvalue weighted by Crippen LogP contribution is 2.00. The van der Waals surface area contributed by atoms with Gasteiger partial charge in [0, 0.05) is 20.3 Å². The molecule has 0 aromatic heterocycles. The summed E-state index contributed by atoms with van der Waals surface area (Å²) in [4.78, 5) is 0. The summed E-state index contributed by atoms with van der Waals surface area (Å²) < 4.78 is 15.7. The molecule has 0 aliphatic rings. The molecular formula is C12H29N2O3Si. The van der Waals surface area contributed by atoms with Gasteiger partial charge in [-0.1, -0.05) is 19.8 Å². The van der Waals surface area contributed by atoms with Gasteiger partial charge in [0.15, 0.2) is 0 Å². The van der Waals surface area contributed by atoms with E-state index in [0.29, 0.717) is 12.6 Å². The summed E-state index contributed by atoms with van der Waals surface area (Å²) >= 11 is 0. The lowest BCUT2D eigenvalue weighted by molar-refractivity contribution is 0.121. The lowest BCUT2D eigenvalue weighted by atomic mass is 10.2. The van der Waals surface area contributed by atoms with Gasteiger partial charge in [0.05, 0.1) is 6.61 Å². The molecule has 5 nitrogen and oxygen atoms in total. The van der Waals surface area contributed by atoms with Crippen molar-refractivity contribution in [3.8, 4) is 0 Å². The molecule has 0 fully saturated rings. The molecule has 1 unspecified atom stereocenters. The fraction of sp³-hybridized carbons (Fsp3) is 1.00. The van der Waals surface area contributed by atoms with Gasteiger partial charge in [-0.05, 0) is 32.4 Å². The molecule has 0 spiro atoms. The first-order valence-corrected chi connectivity index (χ1v) is 8.02. The monoisotopic (exact) mass is 277 g/mol. The fourth-order valence-electron chi connectivity index (χ4n) is 1.62. The van der Waals surface area contributed by atoms with Crippen LogP contribution in [0.15, 0.2) is 0 Å². The van der Waals surface area contributed by atoms with Crippen molar-refractivity contribution in [1.82, 2.24) is 5.32 Å². The van der Waals surface area contributed by atoms with E-state index in [2.05, 4.69) is 12.2 Å². The first-order valence-electron chi connectivity index (χ1n) is 6.79. The largest absolute Gasteiger partial charge is 0.577 e. The highest BCUT2D eigenvalue weighted by molar-refractivity contribution is 6.36. The maximum Gasteiger partial charge on any atom is 0.577 e. The Labute approximate surface area is 113 Å². The van der Waals surface area contributed by atoms with Crippen LogP contribution in [0.25, 0.3) is 0 Å². The second kappa shape index (κ2) is 13.4. The van der Waals surface area contributed by atoms with Crippen molar-refractivity contribution in [3.63, 3.8) is 0 Å². The molecule has 0 bridgehead atoms. The van der Waals surface area contributed by atoms with E-state index in [4.69, 9.17) is 19.0 Å². The molecule has 0 amide bonds. The molecule has 0 aliphatic heterocycles. The van der Waals surface area contributed by atoms with E-state index >= 15 is 0 Å². The van der Waals surface area contributed by atoms with Crippen LogP contribution < -0.4 is 11.1 Å². The van der Waals surface area contributed by atoms with Gasteiger partial charge in [0.1, 0.15) is 0 Å². The van der Waals surface area contributed by atoms with Crippen LogP contribution in [-0.2, 0) is 13.3 Å². The Morgan fingerprint density at radius 2 is 1.78 bits per heavy atom. The summed E-state index contributed by atoms with van der Waals surface area (Å²) in [7, 11) is 1.71. The van der Waals surface area contributed by atoms with Crippen molar-refractivity contribution in [2.45, 2.75) is 45.1 Å². The van der Waals surface area contributed by atoms with E-state index < -0.39 is 9.53 Å². The normalized spacial score (nSPS) is 13.2. The molecule has 1 radical (unpaired) electrons. The fourth-order valence-corrected chi connectivity index (χ4v) is 2.36. The Hall–Kier alpha value is 0.0169. The van der Waals surface area contributed by atoms with Gasteiger partial charge >= 0.3 is 9.53 Å².